The zero-order valence-corrected chi connectivity index (χ0v) is 11.5. The molecule has 0 aromatic carbocycles. The van der Waals surface area contributed by atoms with E-state index >= 15 is 0 Å². The van der Waals surface area contributed by atoms with E-state index in [1.165, 1.54) is 0 Å². The first-order chi connectivity index (χ1) is 8.49. The summed E-state index contributed by atoms with van der Waals surface area (Å²) < 4.78 is 41.3. The van der Waals surface area contributed by atoms with Crippen LogP contribution in [-0.2, 0) is 17.7 Å². The Labute approximate surface area is 110 Å². The second kappa shape index (κ2) is 5.36. The molecule has 0 saturated carbocycles. The van der Waals surface area contributed by atoms with Crippen LogP contribution in [0.1, 0.15) is 26.6 Å². The third kappa shape index (κ3) is 5.06. The van der Waals surface area contributed by atoms with Crippen molar-refractivity contribution in [2.45, 2.75) is 40.1 Å². The van der Waals surface area contributed by atoms with Crippen molar-refractivity contribution in [1.82, 2.24) is 9.55 Å². The molecule has 1 aromatic heterocycles. The van der Waals surface area contributed by atoms with Crippen molar-refractivity contribution in [3.05, 3.63) is 16.5 Å². The predicted molar refractivity (Wildman–Crippen MR) is 67.7 cm³/mol. The maximum absolute atomic E-state index is 12.0. The van der Waals surface area contributed by atoms with Crippen molar-refractivity contribution in [2.75, 3.05) is 6.61 Å². The van der Waals surface area contributed by atoms with E-state index in [4.69, 9.17) is 0 Å². The van der Waals surface area contributed by atoms with E-state index in [9.17, 15) is 13.2 Å². The van der Waals surface area contributed by atoms with Crippen molar-refractivity contribution in [2.24, 2.45) is 5.41 Å². The van der Waals surface area contributed by atoms with Crippen LogP contribution in [-0.4, -0.2) is 22.5 Å². The van der Waals surface area contributed by atoms with E-state index in [-0.39, 0.29) is 12.0 Å². The highest BCUT2D eigenvalue weighted by atomic mass is 19.4. The largest absolute Gasteiger partial charge is 0.522 e. The highest BCUT2D eigenvalue weighted by Gasteiger charge is 2.28. The summed E-state index contributed by atoms with van der Waals surface area (Å²) in [7, 11) is 0. The maximum Gasteiger partial charge on any atom is 0.522 e. The molecule has 1 heterocycles. The molecular formula is C13H19F3N2O. The number of nitrogens with zero attached hydrogens (tertiary/aromatic N) is 2. The molecule has 1 aromatic rings. The van der Waals surface area contributed by atoms with Gasteiger partial charge >= 0.3 is 6.36 Å². The quantitative estimate of drug-likeness (QED) is 0.839. The van der Waals surface area contributed by atoms with E-state index in [1.54, 1.807) is 4.57 Å². The van der Waals surface area contributed by atoms with Gasteiger partial charge in [-0.05, 0) is 5.41 Å². The minimum atomic E-state index is -4.61. The van der Waals surface area contributed by atoms with Gasteiger partial charge in [0.15, 0.2) is 0 Å². The average molecular weight is 276 g/mol. The van der Waals surface area contributed by atoms with Crippen molar-refractivity contribution in [3.8, 4) is 0 Å². The summed E-state index contributed by atoms with van der Waals surface area (Å²) in [6.45, 7) is 13.2. The molecule has 0 unspecified atom stereocenters. The fourth-order valence-corrected chi connectivity index (χ4v) is 1.72. The van der Waals surface area contributed by atoms with Gasteiger partial charge in [0.05, 0.1) is 17.3 Å². The maximum atomic E-state index is 12.0. The highest BCUT2D eigenvalue weighted by molar-refractivity contribution is 5.09. The Bertz CT molecular complexity index is 526. The first-order valence-electron chi connectivity index (χ1n) is 5.93. The lowest BCUT2D eigenvalue weighted by Gasteiger charge is -2.18. The molecule has 19 heavy (non-hydrogen) atoms. The van der Waals surface area contributed by atoms with Crippen LogP contribution < -0.4 is 10.7 Å². The number of halogens is 3. The van der Waals surface area contributed by atoms with E-state index < -0.39 is 13.0 Å². The van der Waals surface area contributed by atoms with E-state index in [2.05, 4.69) is 22.9 Å². The number of aromatic nitrogens is 2. The van der Waals surface area contributed by atoms with Gasteiger partial charge < -0.3 is 4.57 Å². The van der Waals surface area contributed by atoms with E-state index in [1.807, 2.05) is 20.8 Å². The lowest BCUT2D eigenvalue weighted by molar-refractivity contribution is -0.325. The second-order valence-corrected chi connectivity index (χ2v) is 5.60. The molecule has 0 amide bonds. The summed E-state index contributed by atoms with van der Waals surface area (Å²) in [5.74, 6) is 0.688. The van der Waals surface area contributed by atoms with Gasteiger partial charge in [0, 0.05) is 13.0 Å². The Morgan fingerprint density at radius 1 is 1.21 bits per heavy atom. The number of alkyl halides is 3. The summed E-state index contributed by atoms with van der Waals surface area (Å²) in [6.07, 6.45) is -3.98. The first-order valence-corrected chi connectivity index (χ1v) is 5.93. The topological polar surface area (TPSA) is 27.1 Å². The lowest BCUT2D eigenvalue weighted by Crippen LogP contribution is -2.30. The van der Waals surface area contributed by atoms with Gasteiger partial charge in [0.1, 0.15) is 5.82 Å². The molecule has 6 heteroatoms. The predicted octanol–water partition coefficient (Wildman–Crippen LogP) is 1.83. The minimum Gasteiger partial charge on any atom is -0.326 e. The molecule has 0 aliphatic carbocycles. The van der Waals surface area contributed by atoms with Crippen molar-refractivity contribution in [1.29, 1.82) is 0 Å². The molecule has 0 spiro atoms. The summed E-state index contributed by atoms with van der Waals surface area (Å²) in [6, 6.07) is 0. The molecule has 1 rings (SSSR count). The van der Waals surface area contributed by atoms with Crippen LogP contribution >= 0.6 is 0 Å². The molecule has 0 atom stereocenters. The smallest absolute Gasteiger partial charge is 0.326 e. The average Bonchev–Trinajstić information content (AvgIpc) is 2.41. The Kier molecular flexibility index (Phi) is 4.45. The Morgan fingerprint density at radius 3 is 2.26 bits per heavy atom. The van der Waals surface area contributed by atoms with Gasteiger partial charge in [-0.2, -0.15) is 0 Å². The molecule has 0 radical (unpaired) electrons. The molecule has 0 saturated heterocycles. The summed E-state index contributed by atoms with van der Waals surface area (Å²) in [4.78, 5) is 4.26. The number of rotatable bonds is 4. The van der Waals surface area contributed by atoms with Crippen LogP contribution in [0.5, 0.6) is 0 Å². The normalized spacial score (nSPS) is 12.9. The van der Waals surface area contributed by atoms with Gasteiger partial charge in [-0.25, -0.2) is 4.98 Å². The van der Waals surface area contributed by atoms with Gasteiger partial charge in [-0.15, -0.1) is 13.2 Å². The second-order valence-electron chi connectivity index (χ2n) is 5.60. The van der Waals surface area contributed by atoms with Crippen LogP contribution in [0.25, 0.3) is 13.2 Å². The molecule has 3 nitrogen and oxygen atoms in total. The molecule has 0 aliphatic heterocycles. The summed E-state index contributed by atoms with van der Waals surface area (Å²) in [5, 5.41) is 1.02. The Balaban J connectivity index is 2.87. The third-order valence-electron chi connectivity index (χ3n) is 2.50. The SMILES string of the molecule is C=c1nc(CC(C)(C)C)n(CCOC(F)(F)F)c1=C. The standard InChI is InChI=1S/C13H19F3N2O/c1-9-10(2)18(6-7-19-13(14,15)16)11(17-9)8-12(3,4)5/h1-2,6-8H2,3-5H3. The highest BCUT2D eigenvalue weighted by Crippen LogP contribution is 2.19. The zero-order chi connectivity index (χ0) is 14.8. The molecule has 0 fully saturated rings. The van der Waals surface area contributed by atoms with Crippen molar-refractivity contribution >= 4 is 13.2 Å². The van der Waals surface area contributed by atoms with Gasteiger partial charge in [0.2, 0.25) is 0 Å². The molecular weight excluding hydrogens is 257 g/mol. The lowest BCUT2D eigenvalue weighted by atomic mass is 9.92. The number of ether oxygens (including phenoxy) is 1. The van der Waals surface area contributed by atoms with Gasteiger partial charge in [0.25, 0.3) is 0 Å². The fraction of sp³-hybridized carbons (Fsp3) is 0.615. The fourth-order valence-electron chi connectivity index (χ4n) is 1.72. The Morgan fingerprint density at radius 2 is 1.79 bits per heavy atom. The molecule has 0 N–H and O–H groups in total. The van der Waals surface area contributed by atoms with E-state index in [0.717, 1.165) is 0 Å². The third-order valence-corrected chi connectivity index (χ3v) is 2.50. The van der Waals surface area contributed by atoms with Gasteiger partial charge in [-0.3, -0.25) is 4.74 Å². The number of hydrogen-bond acceptors (Lipinski definition) is 2. The number of imidazole rings is 1. The van der Waals surface area contributed by atoms with Crippen molar-refractivity contribution < 1.29 is 17.9 Å². The van der Waals surface area contributed by atoms with Crippen molar-refractivity contribution in [3.63, 3.8) is 0 Å². The molecule has 108 valence electrons. The van der Waals surface area contributed by atoms with Crippen LogP contribution in [0, 0.1) is 5.41 Å². The minimum absolute atomic E-state index is 0.0210. The first kappa shape index (κ1) is 15.8. The van der Waals surface area contributed by atoms with Crippen LogP contribution in [0.2, 0.25) is 0 Å². The van der Waals surface area contributed by atoms with Crippen LogP contribution in [0.15, 0.2) is 0 Å². The Hall–Kier alpha value is -1.30. The molecule has 0 bridgehead atoms. The number of hydrogen-bond donors (Lipinski definition) is 0. The zero-order valence-electron chi connectivity index (χ0n) is 11.5. The molecule has 0 aliphatic rings. The van der Waals surface area contributed by atoms with E-state index in [0.29, 0.717) is 22.9 Å². The van der Waals surface area contributed by atoms with Crippen LogP contribution in [0.4, 0.5) is 13.2 Å². The monoisotopic (exact) mass is 276 g/mol. The van der Waals surface area contributed by atoms with Crippen LogP contribution in [0.3, 0.4) is 0 Å². The van der Waals surface area contributed by atoms with Gasteiger partial charge in [-0.1, -0.05) is 33.9 Å². The summed E-state index contributed by atoms with van der Waals surface area (Å²) in [5.41, 5.74) is -0.0210. The summed E-state index contributed by atoms with van der Waals surface area (Å²) >= 11 is 0.